The summed E-state index contributed by atoms with van der Waals surface area (Å²) in [5.41, 5.74) is 10.4. The molecular weight excluding hydrogens is 191 g/mol. The molecule has 0 aliphatic rings. The average Bonchev–Trinajstić information content (AvgIpc) is 1.81. The predicted octanol–water partition coefficient (Wildman–Crippen LogP) is -1.40. The molecule has 2 amide bonds. The highest BCUT2D eigenvalue weighted by Crippen LogP contribution is 2.41. The molecule has 1 atom stereocenters. The summed E-state index contributed by atoms with van der Waals surface area (Å²) in [5, 5.41) is 6.44. The van der Waals surface area contributed by atoms with Crippen LogP contribution in [0.2, 0.25) is 0 Å². The Balaban J connectivity index is 3.96. The van der Waals surface area contributed by atoms with Crippen LogP contribution in [0.5, 0.6) is 0 Å². The van der Waals surface area contributed by atoms with Crippen LogP contribution in [0.25, 0.3) is 0 Å². The maximum absolute atomic E-state index is 10.5. The second-order valence-electron chi connectivity index (χ2n) is 1.48. The van der Waals surface area contributed by atoms with E-state index in [1.54, 1.807) is 0 Å². The minimum Gasteiger partial charge on any atom is -0.370 e. The van der Waals surface area contributed by atoms with Gasteiger partial charge in [-0.2, -0.15) is 4.62 Å². The highest BCUT2D eigenvalue weighted by Gasteiger charge is 2.24. The van der Waals surface area contributed by atoms with Crippen molar-refractivity contribution in [1.29, 1.82) is 5.41 Å². The number of hydrogen-bond donors (Lipinski definition) is 5. The first-order valence-corrected chi connectivity index (χ1v) is 3.93. The number of carbonyl (C=O) groups excluding carboxylic acids is 1. The molecular formula is C2H7N4O5P. The van der Waals surface area contributed by atoms with Gasteiger partial charge in [0.1, 0.15) is 0 Å². The average molecular weight is 198 g/mol. The number of rotatable bonds is 3. The van der Waals surface area contributed by atoms with Crippen molar-refractivity contribution in [1.82, 2.24) is 5.48 Å². The lowest BCUT2D eigenvalue weighted by atomic mass is 11.2. The van der Waals surface area contributed by atoms with Gasteiger partial charge in [-0.1, -0.05) is 0 Å². The molecule has 0 heterocycles. The molecule has 0 aliphatic carbocycles. The Bertz CT molecular complexity index is 240. The Morgan fingerprint density at radius 1 is 1.58 bits per heavy atom. The molecule has 0 aromatic carbocycles. The minimum absolute atomic E-state index is 1.02. The van der Waals surface area contributed by atoms with Gasteiger partial charge in [0.2, 0.25) is 0 Å². The number of phosphoric acid groups is 1. The fraction of sp³-hybridized carbons (Fsp3) is 0. The highest BCUT2D eigenvalue weighted by molar-refractivity contribution is 7.47. The lowest BCUT2D eigenvalue weighted by Crippen LogP contribution is -2.29. The lowest BCUT2D eigenvalue weighted by Gasteiger charge is -2.09. The van der Waals surface area contributed by atoms with Gasteiger partial charge >= 0.3 is 13.9 Å². The van der Waals surface area contributed by atoms with Crippen molar-refractivity contribution in [3.63, 3.8) is 0 Å². The van der Waals surface area contributed by atoms with Gasteiger partial charge in [0.15, 0.2) is 0 Å². The van der Waals surface area contributed by atoms with E-state index in [1.807, 2.05) is 0 Å². The van der Waals surface area contributed by atoms with Gasteiger partial charge in [-0.15, -0.1) is 0 Å². The lowest BCUT2D eigenvalue weighted by molar-refractivity contribution is 0.137. The fourth-order valence-corrected chi connectivity index (χ4v) is 0.737. The normalized spacial score (nSPS) is 14.4. The monoisotopic (exact) mass is 198 g/mol. The van der Waals surface area contributed by atoms with Gasteiger partial charge in [-0.05, 0) is 0 Å². The van der Waals surface area contributed by atoms with Gasteiger partial charge in [0.25, 0.3) is 6.02 Å². The molecule has 0 aromatic rings. The number of nitrogens with one attached hydrogen (secondary N) is 2. The van der Waals surface area contributed by atoms with E-state index in [0.717, 1.165) is 0 Å². The zero-order chi connectivity index (χ0) is 9.78. The largest absolute Gasteiger partial charge is 0.551 e. The van der Waals surface area contributed by atoms with E-state index >= 15 is 0 Å². The summed E-state index contributed by atoms with van der Waals surface area (Å²) in [6, 6.07) is -2.21. The molecule has 12 heavy (non-hydrogen) atoms. The van der Waals surface area contributed by atoms with Crippen LogP contribution in [0.15, 0.2) is 0 Å². The molecule has 0 saturated heterocycles. The number of phosphoric ester groups is 1. The number of amidine groups is 1. The Morgan fingerprint density at radius 2 is 2.08 bits per heavy atom. The fourth-order valence-electron chi connectivity index (χ4n) is 0.246. The summed E-state index contributed by atoms with van der Waals surface area (Å²) in [7, 11) is -4.56. The highest BCUT2D eigenvalue weighted by atomic mass is 31.2. The zero-order valence-corrected chi connectivity index (χ0v) is 6.58. The van der Waals surface area contributed by atoms with Crippen LogP contribution in [0.4, 0.5) is 4.79 Å². The molecule has 10 heteroatoms. The number of amides is 2. The van der Waals surface area contributed by atoms with Crippen LogP contribution in [0, 0.1) is 5.41 Å². The SMILES string of the molecule is N=C(N)OP(=O)(O)ONC(N)=O. The topological polar surface area (TPSA) is 161 Å². The predicted molar refractivity (Wildman–Crippen MR) is 36.6 cm³/mol. The van der Waals surface area contributed by atoms with Gasteiger partial charge < -0.3 is 16.0 Å². The Morgan fingerprint density at radius 3 is 2.42 bits per heavy atom. The van der Waals surface area contributed by atoms with Crippen LogP contribution in [-0.2, 0) is 13.7 Å². The van der Waals surface area contributed by atoms with E-state index < -0.39 is 19.9 Å². The van der Waals surface area contributed by atoms with E-state index in [2.05, 4.69) is 20.6 Å². The summed E-state index contributed by atoms with van der Waals surface area (Å²) < 4.78 is 18.1. The first-order valence-electron chi connectivity index (χ1n) is 2.44. The molecule has 0 fully saturated rings. The van der Waals surface area contributed by atoms with E-state index in [-0.39, 0.29) is 0 Å². The van der Waals surface area contributed by atoms with Gasteiger partial charge in [0.05, 0.1) is 0 Å². The van der Waals surface area contributed by atoms with Crippen molar-refractivity contribution >= 4 is 19.9 Å². The standard InChI is InChI=1S/C2H7N4O5P/c3-1(4)10-12(8,9)11-6-2(5)7/h(H3,3,4)(H,8,9)(H3,5,6,7). The second kappa shape index (κ2) is 3.90. The van der Waals surface area contributed by atoms with Crippen molar-refractivity contribution in [2.24, 2.45) is 11.5 Å². The first-order chi connectivity index (χ1) is 5.33. The van der Waals surface area contributed by atoms with Crippen LogP contribution in [-0.4, -0.2) is 16.9 Å². The number of hydroxylamine groups is 1. The molecule has 70 valence electrons. The van der Waals surface area contributed by atoms with Crippen molar-refractivity contribution in [2.75, 3.05) is 0 Å². The quantitative estimate of drug-likeness (QED) is 0.162. The Hall–Kier alpha value is -1.31. The molecule has 1 unspecified atom stereocenters. The maximum Gasteiger partial charge on any atom is 0.551 e. The number of carbonyl (C=O) groups is 1. The van der Waals surface area contributed by atoms with Crippen molar-refractivity contribution in [2.45, 2.75) is 0 Å². The smallest absolute Gasteiger partial charge is 0.370 e. The van der Waals surface area contributed by atoms with Crippen LogP contribution in [0.3, 0.4) is 0 Å². The minimum atomic E-state index is -4.56. The summed E-state index contributed by atoms with van der Waals surface area (Å²) in [5.74, 6) is 0. The van der Waals surface area contributed by atoms with Crippen molar-refractivity contribution < 1.29 is 23.4 Å². The molecule has 7 N–H and O–H groups in total. The van der Waals surface area contributed by atoms with Crippen molar-refractivity contribution in [3.05, 3.63) is 0 Å². The van der Waals surface area contributed by atoms with E-state index in [4.69, 9.17) is 10.3 Å². The van der Waals surface area contributed by atoms with Crippen LogP contribution >= 0.6 is 7.82 Å². The molecule has 0 aromatic heterocycles. The van der Waals surface area contributed by atoms with Crippen LogP contribution in [0.1, 0.15) is 0 Å². The Kier molecular flexibility index (Phi) is 3.48. The molecule has 0 radical (unpaired) electrons. The summed E-state index contributed by atoms with van der Waals surface area (Å²) in [6.45, 7) is 0. The molecule has 0 aliphatic heterocycles. The third-order valence-electron chi connectivity index (χ3n) is 0.475. The third-order valence-corrected chi connectivity index (χ3v) is 1.22. The summed E-state index contributed by atoms with van der Waals surface area (Å²) in [4.78, 5) is 18.5. The number of urea groups is 1. The van der Waals surface area contributed by atoms with Gasteiger partial charge in [-0.3, -0.25) is 10.3 Å². The van der Waals surface area contributed by atoms with Crippen LogP contribution < -0.4 is 16.9 Å². The maximum atomic E-state index is 10.5. The van der Waals surface area contributed by atoms with Gasteiger partial charge in [-0.25, -0.2) is 14.8 Å². The number of primary amides is 1. The van der Waals surface area contributed by atoms with E-state index in [0.29, 0.717) is 0 Å². The zero-order valence-electron chi connectivity index (χ0n) is 5.68. The molecule has 0 bridgehead atoms. The Labute approximate surface area is 66.7 Å². The second-order valence-corrected chi connectivity index (χ2v) is 2.78. The molecule has 9 nitrogen and oxygen atoms in total. The summed E-state index contributed by atoms with van der Waals surface area (Å²) in [6.07, 6.45) is 0. The number of hydrogen-bond acceptors (Lipinski definition) is 5. The molecule has 0 spiro atoms. The van der Waals surface area contributed by atoms with Gasteiger partial charge in [0, 0.05) is 0 Å². The summed E-state index contributed by atoms with van der Waals surface area (Å²) >= 11 is 0. The van der Waals surface area contributed by atoms with E-state index in [9.17, 15) is 9.36 Å². The third kappa shape index (κ3) is 5.47. The van der Waals surface area contributed by atoms with E-state index in [1.165, 1.54) is 5.48 Å². The molecule has 0 saturated carbocycles. The first kappa shape index (κ1) is 10.7. The molecule has 0 rings (SSSR count). The van der Waals surface area contributed by atoms with Crippen molar-refractivity contribution in [3.8, 4) is 0 Å². The number of nitrogens with two attached hydrogens (primary N) is 2.